The van der Waals surface area contributed by atoms with E-state index in [0.717, 1.165) is 24.3 Å². The molecule has 0 aromatic heterocycles. The molecule has 0 saturated heterocycles. The molecule has 1 heterocycles. The summed E-state index contributed by atoms with van der Waals surface area (Å²) in [4.78, 5) is 10.7. The molecule has 19 heavy (non-hydrogen) atoms. The Labute approximate surface area is 115 Å². The minimum atomic E-state index is -1.08. The normalized spacial score (nSPS) is 16.5. The van der Waals surface area contributed by atoms with Gasteiger partial charge in [-0.1, -0.05) is 19.1 Å². The molecule has 1 aliphatic rings. The van der Waals surface area contributed by atoms with Crippen LogP contribution in [0.4, 0.5) is 0 Å². The zero-order valence-corrected chi connectivity index (χ0v) is 11.7. The van der Waals surface area contributed by atoms with Crippen LogP contribution in [0.2, 0.25) is 0 Å². The lowest BCUT2D eigenvalue weighted by Gasteiger charge is -2.07. The van der Waals surface area contributed by atoms with Gasteiger partial charge in [-0.2, -0.15) is 0 Å². The van der Waals surface area contributed by atoms with Crippen LogP contribution in [0.25, 0.3) is 0 Å². The van der Waals surface area contributed by atoms with Gasteiger partial charge in [0, 0.05) is 28.7 Å². The van der Waals surface area contributed by atoms with Crippen molar-refractivity contribution in [3.05, 3.63) is 29.3 Å². The Bertz CT molecular complexity index is 498. The summed E-state index contributed by atoms with van der Waals surface area (Å²) in [6.45, 7) is 2.33. The summed E-state index contributed by atoms with van der Waals surface area (Å²) < 4.78 is 17.2. The zero-order valence-electron chi connectivity index (χ0n) is 10.9. The van der Waals surface area contributed by atoms with Crippen LogP contribution in [0, 0.1) is 5.92 Å². The first-order chi connectivity index (χ1) is 9.06. The van der Waals surface area contributed by atoms with E-state index in [2.05, 4.69) is 6.07 Å². The highest BCUT2D eigenvalue weighted by Gasteiger charge is 2.15. The highest BCUT2D eigenvalue weighted by Crippen LogP contribution is 2.26. The Balaban J connectivity index is 1.85. The van der Waals surface area contributed by atoms with Gasteiger partial charge in [0.05, 0.1) is 12.5 Å². The number of fused-ring (bicyclic) bond motifs is 1. The second-order valence-electron chi connectivity index (χ2n) is 4.84. The van der Waals surface area contributed by atoms with Gasteiger partial charge < -0.3 is 9.84 Å². The molecular weight excluding hydrogens is 264 g/mol. The lowest BCUT2D eigenvalue weighted by Crippen LogP contribution is -2.19. The van der Waals surface area contributed by atoms with E-state index >= 15 is 0 Å². The second kappa shape index (κ2) is 6.19. The van der Waals surface area contributed by atoms with E-state index < -0.39 is 22.7 Å². The molecule has 1 aromatic carbocycles. The topological polar surface area (TPSA) is 63.6 Å². The van der Waals surface area contributed by atoms with Crippen LogP contribution in [-0.2, 0) is 28.4 Å². The fourth-order valence-electron chi connectivity index (χ4n) is 2.06. The summed E-state index contributed by atoms with van der Waals surface area (Å²) >= 11 is 0. The largest absolute Gasteiger partial charge is 0.493 e. The summed E-state index contributed by atoms with van der Waals surface area (Å²) in [6, 6.07) is 6.04. The summed E-state index contributed by atoms with van der Waals surface area (Å²) in [5.41, 5.74) is 2.35. The van der Waals surface area contributed by atoms with Gasteiger partial charge in [-0.3, -0.25) is 9.00 Å². The number of hydrogen-bond donors (Lipinski definition) is 1. The molecule has 1 aliphatic heterocycles. The third kappa shape index (κ3) is 3.80. The lowest BCUT2D eigenvalue weighted by atomic mass is 10.1. The van der Waals surface area contributed by atoms with Crippen molar-refractivity contribution in [1.82, 2.24) is 0 Å². The highest BCUT2D eigenvalue weighted by atomic mass is 32.2. The number of rotatable bonds is 6. The summed E-state index contributed by atoms with van der Waals surface area (Å²) in [6.07, 6.45) is 1.65. The number of ether oxygens (including phenoxy) is 1. The van der Waals surface area contributed by atoms with Crippen LogP contribution in [0.15, 0.2) is 18.2 Å². The Morgan fingerprint density at radius 2 is 2.32 bits per heavy atom. The number of hydrogen-bond acceptors (Lipinski definition) is 3. The molecule has 104 valence electrons. The number of carboxylic acids is 1. The molecule has 2 atom stereocenters. The Morgan fingerprint density at radius 3 is 3.05 bits per heavy atom. The summed E-state index contributed by atoms with van der Waals surface area (Å²) in [5, 5.41) is 8.77. The number of aliphatic carboxylic acids is 1. The van der Waals surface area contributed by atoms with Crippen molar-refractivity contribution in [3.8, 4) is 5.75 Å². The Hall–Kier alpha value is -1.36. The first kappa shape index (κ1) is 14.1. The maximum Gasteiger partial charge on any atom is 0.307 e. The predicted octanol–water partition coefficient (Wildman–Crippen LogP) is 1.63. The van der Waals surface area contributed by atoms with Gasteiger partial charge in [0.25, 0.3) is 0 Å². The SMILES string of the molecule is CC(CS(=O)CCc1ccc2c(c1)CCO2)C(=O)O. The Morgan fingerprint density at radius 1 is 1.53 bits per heavy atom. The third-order valence-electron chi connectivity index (χ3n) is 3.23. The van der Waals surface area contributed by atoms with Gasteiger partial charge in [0.1, 0.15) is 5.75 Å². The smallest absolute Gasteiger partial charge is 0.307 e. The average molecular weight is 282 g/mol. The molecule has 0 saturated carbocycles. The maximum atomic E-state index is 11.8. The minimum Gasteiger partial charge on any atom is -0.493 e. The maximum absolute atomic E-state index is 11.8. The van der Waals surface area contributed by atoms with Crippen LogP contribution in [-0.4, -0.2) is 33.4 Å². The number of benzene rings is 1. The first-order valence-electron chi connectivity index (χ1n) is 6.38. The van der Waals surface area contributed by atoms with Crippen molar-refractivity contribution in [3.63, 3.8) is 0 Å². The molecule has 0 bridgehead atoms. The molecular formula is C14H18O4S. The fraction of sp³-hybridized carbons (Fsp3) is 0.500. The fourth-order valence-corrected chi connectivity index (χ4v) is 3.39. The quantitative estimate of drug-likeness (QED) is 0.861. The minimum absolute atomic E-state index is 0.226. The van der Waals surface area contributed by atoms with Gasteiger partial charge in [-0.15, -0.1) is 0 Å². The van der Waals surface area contributed by atoms with E-state index in [-0.39, 0.29) is 5.75 Å². The highest BCUT2D eigenvalue weighted by molar-refractivity contribution is 7.85. The van der Waals surface area contributed by atoms with Crippen molar-refractivity contribution in [2.75, 3.05) is 18.1 Å². The standard InChI is InChI=1S/C14H18O4S/c1-10(14(15)16)9-19(17)7-5-11-2-3-13-12(8-11)4-6-18-13/h2-3,8,10H,4-7,9H2,1H3,(H,15,16). The molecule has 1 N–H and O–H groups in total. The predicted molar refractivity (Wildman–Crippen MR) is 74.0 cm³/mol. The van der Waals surface area contributed by atoms with Crippen LogP contribution in [0.5, 0.6) is 5.75 Å². The van der Waals surface area contributed by atoms with Crippen LogP contribution in [0.3, 0.4) is 0 Å². The van der Waals surface area contributed by atoms with Gasteiger partial charge >= 0.3 is 5.97 Å². The first-order valence-corrected chi connectivity index (χ1v) is 7.87. The molecule has 0 aliphatic carbocycles. The van der Waals surface area contributed by atoms with E-state index in [9.17, 15) is 9.00 Å². The third-order valence-corrected chi connectivity index (χ3v) is 4.76. The Kier molecular flexibility index (Phi) is 4.58. The number of carbonyl (C=O) groups is 1. The lowest BCUT2D eigenvalue weighted by molar-refractivity contribution is -0.140. The van der Waals surface area contributed by atoms with E-state index in [4.69, 9.17) is 9.84 Å². The molecule has 5 heteroatoms. The van der Waals surface area contributed by atoms with Gasteiger partial charge in [0.2, 0.25) is 0 Å². The van der Waals surface area contributed by atoms with Crippen molar-refractivity contribution in [2.24, 2.45) is 5.92 Å². The van der Waals surface area contributed by atoms with E-state index in [1.807, 2.05) is 12.1 Å². The molecule has 1 aromatic rings. The van der Waals surface area contributed by atoms with Crippen molar-refractivity contribution in [2.45, 2.75) is 19.8 Å². The van der Waals surface area contributed by atoms with Gasteiger partial charge in [-0.05, 0) is 23.6 Å². The molecule has 4 nitrogen and oxygen atoms in total. The molecule has 0 spiro atoms. The van der Waals surface area contributed by atoms with Crippen molar-refractivity contribution >= 4 is 16.8 Å². The second-order valence-corrected chi connectivity index (χ2v) is 6.46. The summed E-state index contributed by atoms with van der Waals surface area (Å²) in [7, 11) is -1.08. The average Bonchev–Trinajstić information content (AvgIpc) is 2.83. The van der Waals surface area contributed by atoms with E-state index in [1.165, 1.54) is 5.56 Å². The van der Waals surface area contributed by atoms with E-state index in [0.29, 0.717) is 12.2 Å². The van der Waals surface area contributed by atoms with Crippen LogP contribution in [0.1, 0.15) is 18.1 Å². The number of carboxylic acid groups (broad SMARTS) is 1. The summed E-state index contributed by atoms with van der Waals surface area (Å²) in [5.74, 6) is 0.252. The molecule has 0 amide bonds. The van der Waals surface area contributed by atoms with E-state index in [1.54, 1.807) is 6.92 Å². The molecule has 2 unspecified atom stereocenters. The number of aryl methyl sites for hydroxylation is 1. The zero-order chi connectivity index (χ0) is 13.8. The molecule has 2 rings (SSSR count). The van der Waals surface area contributed by atoms with Gasteiger partial charge in [-0.25, -0.2) is 0 Å². The van der Waals surface area contributed by atoms with Gasteiger partial charge in [0.15, 0.2) is 0 Å². The van der Waals surface area contributed by atoms with Crippen LogP contribution < -0.4 is 4.74 Å². The molecule has 0 radical (unpaired) electrons. The van der Waals surface area contributed by atoms with Crippen LogP contribution >= 0.6 is 0 Å². The van der Waals surface area contributed by atoms with Crippen molar-refractivity contribution in [1.29, 1.82) is 0 Å². The monoisotopic (exact) mass is 282 g/mol. The van der Waals surface area contributed by atoms with Crippen molar-refractivity contribution < 1.29 is 18.8 Å². The molecule has 0 fully saturated rings.